The molecular weight excluding hydrogens is 552 g/mol. The summed E-state index contributed by atoms with van der Waals surface area (Å²) in [6, 6.07) is 5.14. The van der Waals surface area contributed by atoms with Crippen LogP contribution >= 0.6 is 11.6 Å². The van der Waals surface area contributed by atoms with Crippen molar-refractivity contribution in [1.82, 2.24) is 19.9 Å². The number of aliphatic carboxylic acids is 1. The summed E-state index contributed by atoms with van der Waals surface area (Å²) in [5.74, 6) is 0.252. The highest BCUT2D eigenvalue weighted by Gasteiger charge is 2.28. The molecule has 0 aliphatic carbocycles. The molecule has 13 heteroatoms. The summed E-state index contributed by atoms with van der Waals surface area (Å²) in [5, 5.41) is 20.4. The van der Waals surface area contributed by atoms with Crippen molar-refractivity contribution >= 4 is 52.4 Å². The Balaban J connectivity index is 1.44. The number of aliphatic imine (C=N–C) groups is 1. The number of aromatic amines is 1. The van der Waals surface area contributed by atoms with E-state index in [9.17, 15) is 14.7 Å². The van der Waals surface area contributed by atoms with Crippen LogP contribution in [-0.4, -0.2) is 86.7 Å². The summed E-state index contributed by atoms with van der Waals surface area (Å²) < 4.78 is 11.2. The Labute approximate surface area is 243 Å². The van der Waals surface area contributed by atoms with Gasteiger partial charge in [-0.15, -0.1) is 0 Å². The van der Waals surface area contributed by atoms with Gasteiger partial charge in [0.05, 0.1) is 28.3 Å². The van der Waals surface area contributed by atoms with Crippen LogP contribution < -0.4 is 9.64 Å². The van der Waals surface area contributed by atoms with E-state index in [4.69, 9.17) is 26.2 Å². The zero-order valence-corrected chi connectivity index (χ0v) is 24.1. The number of aromatic hydroxyl groups is 1. The highest BCUT2D eigenvalue weighted by Crippen LogP contribution is 2.33. The van der Waals surface area contributed by atoms with Crippen LogP contribution in [0.4, 0.5) is 16.3 Å². The number of hydrogen-bond acceptors (Lipinski definition) is 9. The summed E-state index contributed by atoms with van der Waals surface area (Å²) in [5.41, 5.74) is 0.894. The second-order valence-electron chi connectivity index (χ2n) is 10.7. The third-order valence-electron chi connectivity index (χ3n) is 6.37. The number of carboxylic acid groups (broad SMARTS) is 1. The van der Waals surface area contributed by atoms with Gasteiger partial charge in [-0.3, -0.25) is 9.79 Å². The standard InChI is InChI=1S/C28H35ClN6O6/c1-28(2,3)41-27(39)35-12-10-34(11-13-35)25-23-19(26(38)33-24(23)31-17-32-25)16-30-18-8-9-21(20(29)15-18)40-14-6-4-5-7-22(36)37/h8-9,15-17,38H,4-7,10-14H2,1-3H3,(H,36,37)(H,31,32,33). The number of carbonyl (C=O) groups excluding carboxylic acids is 1. The third kappa shape index (κ3) is 8.00. The fraction of sp³-hybridized carbons (Fsp3) is 0.464. The fourth-order valence-corrected chi connectivity index (χ4v) is 4.60. The lowest BCUT2D eigenvalue weighted by atomic mass is 10.2. The van der Waals surface area contributed by atoms with E-state index in [2.05, 4.69) is 19.9 Å². The molecule has 0 radical (unpaired) electrons. The van der Waals surface area contributed by atoms with Gasteiger partial charge in [0.15, 0.2) is 5.88 Å². The average Bonchev–Trinajstić information content (AvgIpc) is 3.24. The summed E-state index contributed by atoms with van der Waals surface area (Å²) in [7, 11) is 0. The summed E-state index contributed by atoms with van der Waals surface area (Å²) in [6.07, 6.45) is 4.86. The lowest BCUT2D eigenvalue weighted by Gasteiger charge is -2.36. The van der Waals surface area contributed by atoms with Gasteiger partial charge >= 0.3 is 12.1 Å². The number of carboxylic acids is 1. The molecule has 0 saturated carbocycles. The molecule has 3 N–H and O–H groups in total. The van der Waals surface area contributed by atoms with Crippen molar-refractivity contribution in [1.29, 1.82) is 0 Å². The Kier molecular flexibility index (Phi) is 9.53. The minimum absolute atomic E-state index is 0.0909. The summed E-state index contributed by atoms with van der Waals surface area (Å²) in [4.78, 5) is 42.9. The Bertz CT molecular complexity index is 1410. The van der Waals surface area contributed by atoms with E-state index in [1.807, 2.05) is 25.7 Å². The Hall–Kier alpha value is -4.06. The van der Waals surface area contributed by atoms with Crippen molar-refractivity contribution in [3.8, 4) is 11.6 Å². The lowest BCUT2D eigenvalue weighted by molar-refractivity contribution is -0.137. The number of carbonyl (C=O) groups is 2. The first kappa shape index (κ1) is 29.9. The molecule has 2 aromatic heterocycles. The van der Waals surface area contributed by atoms with Crippen LogP contribution in [0.25, 0.3) is 11.0 Å². The molecule has 220 valence electrons. The number of nitrogens with one attached hydrogen (secondary N) is 1. The molecule has 1 aliphatic heterocycles. The average molecular weight is 587 g/mol. The first-order valence-corrected chi connectivity index (χ1v) is 13.9. The van der Waals surface area contributed by atoms with Crippen molar-refractivity contribution < 1.29 is 29.3 Å². The second-order valence-corrected chi connectivity index (χ2v) is 11.1. The number of H-pyrrole nitrogens is 1. The number of nitrogens with zero attached hydrogens (tertiary/aromatic N) is 5. The Morgan fingerprint density at radius 3 is 2.59 bits per heavy atom. The van der Waals surface area contributed by atoms with Crippen LogP contribution in [0.15, 0.2) is 29.5 Å². The summed E-state index contributed by atoms with van der Waals surface area (Å²) in [6.45, 7) is 7.95. The number of unbranched alkanes of at least 4 members (excludes halogenated alkanes) is 2. The van der Waals surface area contributed by atoms with Crippen LogP contribution in [0.2, 0.25) is 5.02 Å². The number of anilines is 1. The Morgan fingerprint density at radius 1 is 1.15 bits per heavy atom. The zero-order valence-electron chi connectivity index (χ0n) is 23.4. The van der Waals surface area contributed by atoms with E-state index in [1.165, 1.54) is 12.5 Å². The van der Waals surface area contributed by atoms with Gasteiger partial charge in [-0.2, -0.15) is 0 Å². The zero-order chi connectivity index (χ0) is 29.6. The maximum absolute atomic E-state index is 12.5. The quantitative estimate of drug-likeness (QED) is 0.216. The first-order valence-electron chi connectivity index (χ1n) is 13.5. The molecule has 41 heavy (non-hydrogen) atoms. The van der Waals surface area contributed by atoms with Gasteiger partial charge in [-0.1, -0.05) is 11.6 Å². The van der Waals surface area contributed by atoms with Crippen LogP contribution in [0.1, 0.15) is 52.0 Å². The largest absolute Gasteiger partial charge is 0.494 e. The van der Waals surface area contributed by atoms with E-state index in [-0.39, 0.29) is 18.4 Å². The molecule has 1 saturated heterocycles. The van der Waals surface area contributed by atoms with E-state index in [0.29, 0.717) is 78.1 Å². The molecule has 1 aromatic carbocycles. The van der Waals surface area contributed by atoms with Crippen molar-refractivity contribution in [2.75, 3.05) is 37.7 Å². The number of ether oxygens (including phenoxy) is 2. The minimum Gasteiger partial charge on any atom is -0.494 e. The lowest BCUT2D eigenvalue weighted by Crippen LogP contribution is -2.50. The summed E-state index contributed by atoms with van der Waals surface area (Å²) >= 11 is 6.40. The van der Waals surface area contributed by atoms with Gasteiger partial charge in [0, 0.05) is 38.8 Å². The maximum atomic E-state index is 12.5. The molecule has 0 atom stereocenters. The van der Waals surface area contributed by atoms with E-state index in [0.717, 1.165) is 12.8 Å². The molecule has 4 rings (SSSR count). The predicted molar refractivity (Wildman–Crippen MR) is 156 cm³/mol. The molecule has 12 nitrogen and oxygen atoms in total. The van der Waals surface area contributed by atoms with Crippen molar-refractivity contribution in [3.05, 3.63) is 35.1 Å². The van der Waals surface area contributed by atoms with E-state index < -0.39 is 11.6 Å². The third-order valence-corrected chi connectivity index (χ3v) is 6.67. The monoisotopic (exact) mass is 586 g/mol. The van der Waals surface area contributed by atoms with Gasteiger partial charge in [0.25, 0.3) is 0 Å². The highest BCUT2D eigenvalue weighted by molar-refractivity contribution is 6.32. The maximum Gasteiger partial charge on any atom is 0.410 e. The number of benzene rings is 1. The van der Waals surface area contributed by atoms with Crippen molar-refractivity contribution in [2.45, 2.75) is 52.1 Å². The van der Waals surface area contributed by atoms with Crippen LogP contribution in [0.3, 0.4) is 0 Å². The smallest absolute Gasteiger partial charge is 0.410 e. The van der Waals surface area contributed by atoms with Crippen molar-refractivity contribution in [3.63, 3.8) is 0 Å². The molecule has 3 heterocycles. The number of amides is 1. The molecule has 3 aromatic rings. The molecule has 0 spiro atoms. The molecule has 0 bridgehead atoms. The number of fused-ring (bicyclic) bond motifs is 1. The molecule has 0 unspecified atom stereocenters. The number of hydrogen-bond donors (Lipinski definition) is 3. The predicted octanol–water partition coefficient (Wildman–Crippen LogP) is 5.15. The number of halogens is 1. The van der Waals surface area contributed by atoms with Crippen LogP contribution in [0.5, 0.6) is 11.6 Å². The van der Waals surface area contributed by atoms with Crippen LogP contribution in [0, 0.1) is 0 Å². The number of piperazine rings is 1. The molecular formula is C28H35ClN6O6. The van der Waals surface area contributed by atoms with Gasteiger partial charge in [-0.25, -0.2) is 14.8 Å². The van der Waals surface area contributed by atoms with Crippen LogP contribution in [-0.2, 0) is 9.53 Å². The molecule has 1 aliphatic rings. The van der Waals surface area contributed by atoms with Crippen molar-refractivity contribution in [2.24, 2.45) is 4.99 Å². The highest BCUT2D eigenvalue weighted by atomic mass is 35.5. The number of aromatic nitrogens is 3. The van der Waals surface area contributed by atoms with E-state index >= 15 is 0 Å². The Morgan fingerprint density at radius 2 is 1.90 bits per heavy atom. The molecule has 1 fully saturated rings. The molecule has 1 amide bonds. The minimum atomic E-state index is -0.798. The van der Waals surface area contributed by atoms with E-state index in [1.54, 1.807) is 23.1 Å². The first-order chi connectivity index (χ1) is 19.5. The van der Waals surface area contributed by atoms with Gasteiger partial charge < -0.3 is 34.5 Å². The second kappa shape index (κ2) is 13.1. The SMILES string of the molecule is CC(C)(C)OC(=O)N1CCN(c2ncnc3[nH]c(O)c(C=Nc4ccc(OCCCCCC(=O)O)c(Cl)c4)c23)CC1. The van der Waals surface area contributed by atoms with Gasteiger partial charge in [0.2, 0.25) is 0 Å². The normalized spacial score (nSPS) is 14.1. The topological polar surface area (TPSA) is 153 Å². The van der Waals surface area contributed by atoms with Gasteiger partial charge in [-0.05, 0) is 58.2 Å². The van der Waals surface area contributed by atoms with Gasteiger partial charge in [0.1, 0.15) is 29.1 Å². The number of rotatable bonds is 10. The fourth-order valence-electron chi connectivity index (χ4n) is 4.37.